The zero-order chi connectivity index (χ0) is 15.4. The third-order valence-corrected chi connectivity index (χ3v) is 3.87. The molecule has 21 heavy (non-hydrogen) atoms. The molecule has 2 atom stereocenters. The normalized spacial score (nSPS) is 21.8. The molecule has 0 amide bonds. The van der Waals surface area contributed by atoms with Crippen LogP contribution in [0.4, 0.5) is 0 Å². The first kappa shape index (κ1) is 16.3. The van der Waals surface area contributed by atoms with E-state index in [1.54, 1.807) is 0 Å². The summed E-state index contributed by atoms with van der Waals surface area (Å²) in [7, 11) is 0. The number of hydrogen-bond donors (Lipinski definition) is 1. The number of hydrogen-bond acceptors (Lipinski definition) is 4. The number of benzene rings is 1. The van der Waals surface area contributed by atoms with Gasteiger partial charge >= 0.3 is 0 Å². The van der Waals surface area contributed by atoms with Gasteiger partial charge in [0.25, 0.3) is 0 Å². The van der Waals surface area contributed by atoms with Crippen LogP contribution >= 0.6 is 0 Å². The lowest BCUT2D eigenvalue weighted by atomic mass is 10.00. The minimum absolute atomic E-state index is 0.0375. The van der Waals surface area contributed by atoms with Crippen LogP contribution in [0.3, 0.4) is 0 Å². The van der Waals surface area contributed by atoms with E-state index in [1.807, 2.05) is 32.0 Å². The zero-order valence-corrected chi connectivity index (χ0v) is 13.6. The molecular weight excluding hydrogens is 264 g/mol. The van der Waals surface area contributed by atoms with Crippen LogP contribution in [0.1, 0.15) is 39.3 Å². The molecule has 0 radical (unpaired) electrons. The van der Waals surface area contributed by atoms with E-state index in [0.29, 0.717) is 6.04 Å². The zero-order valence-electron chi connectivity index (χ0n) is 13.6. The lowest BCUT2D eigenvalue weighted by Gasteiger charge is -2.38. The van der Waals surface area contributed by atoms with Gasteiger partial charge in [0.15, 0.2) is 0 Å². The highest BCUT2D eigenvalue weighted by molar-refractivity contribution is 5.31. The Morgan fingerprint density at radius 3 is 2.71 bits per heavy atom. The summed E-state index contributed by atoms with van der Waals surface area (Å²) < 4.78 is 11.6. The minimum atomic E-state index is -0.123. The van der Waals surface area contributed by atoms with Crippen LogP contribution in [0.5, 0.6) is 5.75 Å². The van der Waals surface area contributed by atoms with E-state index in [-0.39, 0.29) is 18.2 Å². The van der Waals surface area contributed by atoms with Crippen molar-refractivity contribution in [3.8, 4) is 5.75 Å². The van der Waals surface area contributed by atoms with E-state index in [4.69, 9.17) is 15.2 Å². The Hall–Kier alpha value is -1.10. The molecule has 0 bridgehead atoms. The molecule has 1 aliphatic heterocycles. The van der Waals surface area contributed by atoms with Gasteiger partial charge in [0.05, 0.1) is 24.9 Å². The first-order valence-corrected chi connectivity index (χ1v) is 7.85. The second kappa shape index (κ2) is 7.25. The second-order valence-electron chi connectivity index (χ2n) is 6.26. The number of morpholine rings is 1. The Morgan fingerprint density at radius 1 is 1.29 bits per heavy atom. The largest absolute Gasteiger partial charge is 0.491 e. The Bertz CT molecular complexity index is 448. The van der Waals surface area contributed by atoms with Crippen LogP contribution in [-0.2, 0) is 4.74 Å². The van der Waals surface area contributed by atoms with E-state index >= 15 is 0 Å². The van der Waals surface area contributed by atoms with E-state index in [1.165, 1.54) is 0 Å². The molecule has 1 aliphatic rings. The molecule has 0 saturated carbocycles. The molecule has 2 rings (SSSR count). The maximum Gasteiger partial charge on any atom is 0.120 e. The summed E-state index contributed by atoms with van der Waals surface area (Å²) >= 11 is 0. The van der Waals surface area contributed by atoms with Gasteiger partial charge in [0.1, 0.15) is 5.75 Å². The van der Waals surface area contributed by atoms with E-state index < -0.39 is 0 Å². The van der Waals surface area contributed by atoms with Crippen molar-refractivity contribution in [2.24, 2.45) is 5.73 Å². The van der Waals surface area contributed by atoms with Crippen LogP contribution in [0, 0.1) is 0 Å². The third-order valence-electron chi connectivity index (χ3n) is 3.87. The van der Waals surface area contributed by atoms with E-state index in [0.717, 1.165) is 31.0 Å². The van der Waals surface area contributed by atoms with Gasteiger partial charge in [-0.2, -0.15) is 0 Å². The van der Waals surface area contributed by atoms with Gasteiger partial charge in [-0.15, -0.1) is 0 Å². The number of ether oxygens (including phenoxy) is 2. The molecule has 1 saturated heterocycles. The number of rotatable bonds is 5. The predicted molar refractivity (Wildman–Crippen MR) is 85.6 cm³/mol. The summed E-state index contributed by atoms with van der Waals surface area (Å²) in [4.78, 5) is 2.42. The predicted octanol–water partition coefficient (Wildman–Crippen LogP) is 2.58. The van der Waals surface area contributed by atoms with Gasteiger partial charge in [-0.3, -0.25) is 4.90 Å². The first-order chi connectivity index (χ1) is 9.97. The fourth-order valence-electron chi connectivity index (χ4n) is 2.66. The maximum atomic E-state index is 6.42. The van der Waals surface area contributed by atoms with Crippen molar-refractivity contribution in [1.82, 2.24) is 4.90 Å². The standard InChI is InChI=1S/C17H28N2O2/c1-12(2)19-8-9-20-16(11-19)17(18)14-6-5-7-15(10-14)21-13(3)4/h5-7,10,12-13,16-17H,8-9,11,18H2,1-4H3. The summed E-state index contributed by atoms with van der Waals surface area (Å²) in [6, 6.07) is 8.45. The van der Waals surface area contributed by atoms with Gasteiger partial charge in [-0.25, -0.2) is 0 Å². The van der Waals surface area contributed by atoms with E-state index in [2.05, 4.69) is 24.8 Å². The van der Waals surface area contributed by atoms with Crippen LogP contribution in [0.25, 0.3) is 0 Å². The van der Waals surface area contributed by atoms with Gasteiger partial charge in [-0.05, 0) is 45.4 Å². The Labute approximate surface area is 128 Å². The van der Waals surface area contributed by atoms with Gasteiger partial charge in [-0.1, -0.05) is 12.1 Å². The minimum Gasteiger partial charge on any atom is -0.491 e. The average molecular weight is 292 g/mol. The highest BCUT2D eigenvalue weighted by atomic mass is 16.5. The van der Waals surface area contributed by atoms with Crippen LogP contribution in [-0.4, -0.2) is 42.8 Å². The van der Waals surface area contributed by atoms with Crippen molar-refractivity contribution >= 4 is 0 Å². The lowest BCUT2D eigenvalue weighted by Crippen LogP contribution is -2.49. The molecule has 1 aromatic rings. The number of nitrogens with zero attached hydrogens (tertiary/aromatic N) is 1. The first-order valence-electron chi connectivity index (χ1n) is 7.85. The molecular formula is C17H28N2O2. The van der Waals surface area contributed by atoms with Crippen LogP contribution in [0.15, 0.2) is 24.3 Å². The van der Waals surface area contributed by atoms with Crippen molar-refractivity contribution < 1.29 is 9.47 Å². The molecule has 118 valence electrons. The van der Waals surface area contributed by atoms with Crippen molar-refractivity contribution in [1.29, 1.82) is 0 Å². The average Bonchev–Trinajstić information content (AvgIpc) is 2.46. The molecule has 2 unspecified atom stereocenters. The Morgan fingerprint density at radius 2 is 2.05 bits per heavy atom. The second-order valence-corrected chi connectivity index (χ2v) is 6.26. The Balaban J connectivity index is 2.06. The SMILES string of the molecule is CC(C)Oc1cccc(C(N)C2CN(C(C)C)CCO2)c1. The van der Waals surface area contributed by atoms with Gasteiger partial charge in [0.2, 0.25) is 0 Å². The monoisotopic (exact) mass is 292 g/mol. The highest BCUT2D eigenvalue weighted by Gasteiger charge is 2.28. The van der Waals surface area contributed by atoms with Crippen LogP contribution in [0.2, 0.25) is 0 Å². The molecule has 0 spiro atoms. The fourth-order valence-corrected chi connectivity index (χ4v) is 2.66. The number of nitrogens with two attached hydrogens (primary N) is 1. The molecule has 1 aromatic carbocycles. The topological polar surface area (TPSA) is 47.7 Å². The summed E-state index contributed by atoms with van der Waals surface area (Å²) in [5, 5.41) is 0. The molecule has 2 N–H and O–H groups in total. The summed E-state index contributed by atoms with van der Waals surface area (Å²) in [6.07, 6.45) is 0.203. The molecule has 0 aliphatic carbocycles. The van der Waals surface area contributed by atoms with E-state index in [9.17, 15) is 0 Å². The van der Waals surface area contributed by atoms with Crippen molar-refractivity contribution in [2.45, 2.75) is 52.0 Å². The Kier molecular flexibility index (Phi) is 5.62. The molecule has 1 heterocycles. The maximum absolute atomic E-state index is 6.42. The molecule has 0 aromatic heterocycles. The third kappa shape index (κ3) is 4.43. The highest BCUT2D eigenvalue weighted by Crippen LogP contribution is 2.24. The van der Waals surface area contributed by atoms with Crippen LogP contribution < -0.4 is 10.5 Å². The van der Waals surface area contributed by atoms with Crippen molar-refractivity contribution in [3.05, 3.63) is 29.8 Å². The van der Waals surface area contributed by atoms with Crippen molar-refractivity contribution in [2.75, 3.05) is 19.7 Å². The summed E-state index contributed by atoms with van der Waals surface area (Å²) in [6.45, 7) is 11.1. The molecule has 4 heteroatoms. The quantitative estimate of drug-likeness (QED) is 0.906. The molecule has 4 nitrogen and oxygen atoms in total. The van der Waals surface area contributed by atoms with Crippen molar-refractivity contribution in [3.63, 3.8) is 0 Å². The molecule has 1 fully saturated rings. The lowest BCUT2D eigenvalue weighted by molar-refractivity contribution is -0.0502. The smallest absolute Gasteiger partial charge is 0.120 e. The fraction of sp³-hybridized carbons (Fsp3) is 0.647. The van der Waals surface area contributed by atoms with Gasteiger partial charge < -0.3 is 15.2 Å². The summed E-state index contributed by atoms with van der Waals surface area (Å²) in [5.74, 6) is 0.870. The van der Waals surface area contributed by atoms with Gasteiger partial charge in [0, 0.05) is 19.1 Å². The summed E-state index contributed by atoms with van der Waals surface area (Å²) in [5.41, 5.74) is 7.50.